The Kier molecular flexibility index (Phi) is 4.04. The van der Waals surface area contributed by atoms with Crippen LogP contribution in [0.3, 0.4) is 0 Å². The fraction of sp³-hybridized carbons (Fsp3) is 0.133. The minimum Gasteiger partial charge on any atom is -0.380 e. The largest absolute Gasteiger partial charge is 0.380 e. The smallest absolute Gasteiger partial charge is 0.0949 e. The molecule has 0 aliphatic carbocycles. The van der Waals surface area contributed by atoms with Crippen LogP contribution < -0.4 is 5.32 Å². The van der Waals surface area contributed by atoms with Crippen molar-refractivity contribution in [2.75, 3.05) is 5.32 Å². The molecule has 0 unspecified atom stereocenters. The minimum atomic E-state index is 0.798. The van der Waals surface area contributed by atoms with Gasteiger partial charge < -0.3 is 9.88 Å². The van der Waals surface area contributed by atoms with E-state index in [-0.39, 0.29) is 0 Å². The van der Waals surface area contributed by atoms with Gasteiger partial charge in [-0.2, -0.15) is 0 Å². The van der Waals surface area contributed by atoms with Crippen LogP contribution >= 0.6 is 22.9 Å². The monoisotopic (exact) mass is 303 g/mol. The van der Waals surface area contributed by atoms with Gasteiger partial charge in [-0.15, -0.1) is 11.3 Å². The second-order valence-corrected chi connectivity index (χ2v) is 6.29. The highest BCUT2D eigenvalue weighted by Crippen LogP contribution is 2.22. The summed E-state index contributed by atoms with van der Waals surface area (Å²) in [6.45, 7) is 1.63. The predicted molar refractivity (Wildman–Crippen MR) is 84.4 cm³/mol. The van der Waals surface area contributed by atoms with Gasteiger partial charge in [0.05, 0.1) is 10.7 Å². The van der Waals surface area contributed by atoms with E-state index in [1.807, 2.05) is 18.6 Å². The maximum Gasteiger partial charge on any atom is 0.0949 e. The Morgan fingerprint density at radius 1 is 1.25 bits per heavy atom. The molecule has 0 atom stereocenters. The Balaban J connectivity index is 1.65. The van der Waals surface area contributed by atoms with Crippen LogP contribution in [0.4, 0.5) is 5.69 Å². The highest BCUT2D eigenvalue weighted by atomic mass is 35.5. The molecule has 2 aromatic heterocycles. The summed E-state index contributed by atoms with van der Waals surface area (Å²) < 4.78 is 2.88. The molecule has 0 aliphatic heterocycles. The quantitative estimate of drug-likeness (QED) is 0.763. The van der Waals surface area contributed by atoms with Gasteiger partial charge in [0.1, 0.15) is 0 Å². The lowest BCUT2D eigenvalue weighted by Crippen LogP contribution is -2.00. The highest BCUT2D eigenvalue weighted by molar-refractivity contribution is 7.16. The molecule has 3 aromatic rings. The first-order valence-corrected chi connectivity index (χ1v) is 7.52. The third-order valence-electron chi connectivity index (χ3n) is 2.95. The van der Waals surface area contributed by atoms with Crippen molar-refractivity contribution in [1.82, 2.24) is 9.55 Å². The number of nitrogens with zero attached hydrogens (tertiary/aromatic N) is 2. The van der Waals surface area contributed by atoms with E-state index in [9.17, 15) is 0 Å². The zero-order valence-corrected chi connectivity index (χ0v) is 12.4. The maximum atomic E-state index is 5.93. The molecule has 0 fully saturated rings. The molecule has 5 heteroatoms. The lowest BCUT2D eigenvalue weighted by molar-refractivity contribution is 0.797. The van der Waals surface area contributed by atoms with Crippen molar-refractivity contribution >= 4 is 28.6 Å². The topological polar surface area (TPSA) is 29.9 Å². The summed E-state index contributed by atoms with van der Waals surface area (Å²) in [4.78, 5) is 5.29. The Morgan fingerprint density at radius 2 is 2.20 bits per heavy atom. The Labute approximate surface area is 126 Å². The van der Waals surface area contributed by atoms with E-state index in [0.717, 1.165) is 23.1 Å². The van der Waals surface area contributed by atoms with Crippen LogP contribution in [0, 0.1) is 0 Å². The zero-order chi connectivity index (χ0) is 13.8. The van der Waals surface area contributed by atoms with Gasteiger partial charge in [-0.1, -0.05) is 23.7 Å². The molecular weight excluding hydrogens is 290 g/mol. The van der Waals surface area contributed by atoms with Gasteiger partial charge in [0.25, 0.3) is 0 Å². The van der Waals surface area contributed by atoms with Crippen LogP contribution in [-0.4, -0.2) is 9.55 Å². The molecular formula is C15H14ClN3S. The first-order chi connectivity index (χ1) is 9.79. The van der Waals surface area contributed by atoms with Crippen molar-refractivity contribution in [2.24, 2.45) is 0 Å². The number of aromatic nitrogens is 2. The van der Waals surface area contributed by atoms with Crippen molar-refractivity contribution < 1.29 is 0 Å². The van der Waals surface area contributed by atoms with Crippen LogP contribution in [0.15, 0.2) is 55.1 Å². The van der Waals surface area contributed by atoms with Gasteiger partial charge in [-0.25, -0.2) is 4.98 Å². The number of benzene rings is 1. The van der Waals surface area contributed by atoms with Crippen molar-refractivity contribution in [2.45, 2.75) is 13.1 Å². The van der Waals surface area contributed by atoms with E-state index >= 15 is 0 Å². The molecule has 0 radical (unpaired) electrons. The van der Waals surface area contributed by atoms with Gasteiger partial charge in [0, 0.05) is 36.0 Å². The number of imidazole rings is 1. The molecule has 0 saturated carbocycles. The minimum absolute atomic E-state index is 0.798. The number of halogens is 1. The van der Waals surface area contributed by atoms with Crippen LogP contribution in [0.2, 0.25) is 4.34 Å². The van der Waals surface area contributed by atoms with Gasteiger partial charge >= 0.3 is 0 Å². The summed E-state index contributed by atoms with van der Waals surface area (Å²) in [7, 11) is 0. The van der Waals surface area contributed by atoms with Crippen LogP contribution in [-0.2, 0) is 13.1 Å². The van der Waals surface area contributed by atoms with Gasteiger partial charge in [0.15, 0.2) is 0 Å². The van der Waals surface area contributed by atoms with Crippen molar-refractivity contribution in [3.05, 3.63) is 69.9 Å². The van der Waals surface area contributed by atoms with E-state index in [1.165, 1.54) is 10.4 Å². The van der Waals surface area contributed by atoms with Gasteiger partial charge in [0.2, 0.25) is 0 Å². The van der Waals surface area contributed by atoms with Crippen LogP contribution in [0.5, 0.6) is 0 Å². The van der Waals surface area contributed by atoms with E-state index < -0.39 is 0 Å². The zero-order valence-electron chi connectivity index (χ0n) is 10.8. The lowest BCUT2D eigenvalue weighted by Gasteiger charge is -2.08. The number of hydrogen-bond donors (Lipinski definition) is 1. The second-order valence-electron chi connectivity index (χ2n) is 4.49. The molecule has 0 bridgehead atoms. The normalized spacial score (nSPS) is 10.7. The molecule has 0 amide bonds. The molecule has 1 aromatic carbocycles. The number of rotatable bonds is 5. The molecule has 2 heterocycles. The second kappa shape index (κ2) is 6.11. The molecule has 0 spiro atoms. The van der Waals surface area contributed by atoms with Crippen molar-refractivity contribution in [3.8, 4) is 0 Å². The average molecular weight is 304 g/mol. The summed E-state index contributed by atoms with van der Waals surface area (Å²) in [5.41, 5.74) is 2.37. The fourth-order valence-corrected chi connectivity index (χ4v) is 3.03. The number of anilines is 1. The first-order valence-electron chi connectivity index (χ1n) is 6.32. The maximum absolute atomic E-state index is 5.93. The molecule has 0 aliphatic rings. The van der Waals surface area contributed by atoms with Crippen LogP contribution in [0.1, 0.15) is 10.4 Å². The summed E-state index contributed by atoms with van der Waals surface area (Å²) in [5.74, 6) is 0. The molecule has 102 valence electrons. The molecule has 3 rings (SSSR count). The Hall–Kier alpha value is -1.78. The summed E-state index contributed by atoms with van der Waals surface area (Å²) in [6.07, 6.45) is 5.59. The third-order valence-corrected chi connectivity index (χ3v) is 4.18. The van der Waals surface area contributed by atoms with Crippen molar-refractivity contribution in [1.29, 1.82) is 0 Å². The number of thiophene rings is 1. The summed E-state index contributed by atoms with van der Waals surface area (Å²) in [5, 5.41) is 3.42. The van der Waals surface area contributed by atoms with E-state index in [0.29, 0.717) is 0 Å². The highest BCUT2D eigenvalue weighted by Gasteiger charge is 2.00. The van der Waals surface area contributed by atoms with Gasteiger partial charge in [-0.3, -0.25) is 0 Å². The Bertz CT molecular complexity index is 676. The summed E-state index contributed by atoms with van der Waals surface area (Å²) >= 11 is 7.53. The molecule has 20 heavy (non-hydrogen) atoms. The third kappa shape index (κ3) is 3.40. The number of nitrogens with one attached hydrogen (secondary N) is 1. The Morgan fingerprint density at radius 3 is 2.95 bits per heavy atom. The van der Waals surface area contributed by atoms with E-state index in [1.54, 1.807) is 17.5 Å². The molecule has 0 saturated heterocycles. The molecule has 3 nitrogen and oxygen atoms in total. The molecule has 1 N–H and O–H groups in total. The van der Waals surface area contributed by atoms with E-state index in [2.05, 4.69) is 45.2 Å². The summed E-state index contributed by atoms with van der Waals surface area (Å²) in [6, 6.07) is 12.4. The van der Waals surface area contributed by atoms with E-state index in [4.69, 9.17) is 11.6 Å². The predicted octanol–water partition coefficient (Wildman–Crippen LogP) is 4.26. The SMILES string of the molecule is Clc1ccc(CNc2cccc(Cn3ccnc3)c2)s1. The van der Waals surface area contributed by atoms with Crippen LogP contribution in [0.25, 0.3) is 0 Å². The fourth-order valence-electron chi connectivity index (χ4n) is 2.01. The first kappa shape index (κ1) is 13.2. The van der Waals surface area contributed by atoms with Gasteiger partial charge in [-0.05, 0) is 29.8 Å². The standard InChI is InChI=1S/C15H14ClN3S/c16-15-5-4-14(20-15)9-18-13-3-1-2-12(8-13)10-19-7-6-17-11-19/h1-8,11,18H,9-10H2. The average Bonchev–Trinajstić information content (AvgIpc) is 3.09. The lowest BCUT2D eigenvalue weighted by atomic mass is 10.2. The van der Waals surface area contributed by atoms with Crippen molar-refractivity contribution in [3.63, 3.8) is 0 Å². The number of hydrogen-bond acceptors (Lipinski definition) is 3.